The first-order valence-electron chi connectivity index (χ1n) is 5.35. The van der Waals surface area contributed by atoms with Crippen LogP contribution in [0.2, 0.25) is 0 Å². The van der Waals surface area contributed by atoms with E-state index in [1.807, 2.05) is 37.3 Å². The van der Waals surface area contributed by atoms with Gasteiger partial charge >= 0.3 is 7.60 Å². The first-order chi connectivity index (χ1) is 8.60. The fourth-order valence-corrected chi connectivity index (χ4v) is 4.51. The molecule has 1 aromatic carbocycles. The molecule has 4 nitrogen and oxygen atoms in total. The Morgan fingerprint density at radius 3 is 2.33 bits per heavy atom. The molecule has 2 aromatic rings. The summed E-state index contributed by atoms with van der Waals surface area (Å²) in [4.78, 5) is 4.43. The van der Waals surface area contributed by atoms with Gasteiger partial charge in [-0.15, -0.1) is 11.3 Å². The Balaban J connectivity index is 2.60. The lowest BCUT2D eigenvalue weighted by Gasteiger charge is -2.12. The number of hydrogen-bond donors (Lipinski definition) is 0. The first kappa shape index (κ1) is 13.4. The molecule has 0 saturated heterocycles. The molecule has 0 bridgehead atoms. The molecule has 2 rings (SSSR count). The zero-order chi connectivity index (χ0) is 13.2. The fourth-order valence-electron chi connectivity index (χ4n) is 1.63. The molecular formula is C12H14NO3PS. The predicted octanol–water partition coefficient (Wildman–Crippen LogP) is 3.23. The van der Waals surface area contributed by atoms with E-state index in [1.54, 1.807) is 0 Å². The maximum Gasteiger partial charge on any atom is 0.372 e. The van der Waals surface area contributed by atoms with Gasteiger partial charge in [0.15, 0.2) is 0 Å². The first-order valence-corrected chi connectivity index (χ1v) is 7.71. The van der Waals surface area contributed by atoms with Crippen LogP contribution < -0.4 is 4.62 Å². The molecule has 0 spiro atoms. The van der Waals surface area contributed by atoms with Crippen molar-refractivity contribution in [3.05, 3.63) is 35.3 Å². The summed E-state index contributed by atoms with van der Waals surface area (Å²) in [5.41, 5.74) is 1.58. The Morgan fingerprint density at radius 1 is 1.17 bits per heavy atom. The molecule has 0 aliphatic heterocycles. The van der Waals surface area contributed by atoms with E-state index in [4.69, 9.17) is 9.05 Å². The molecule has 0 radical (unpaired) electrons. The molecule has 0 aliphatic carbocycles. The maximum absolute atomic E-state index is 12.5. The highest BCUT2D eigenvalue weighted by Crippen LogP contribution is 2.49. The third kappa shape index (κ3) is 2.40. The summed E-state index contributed by atoms with van der Waals surface area (Å²) in [6.07, 6.45) is 0. The van der Waals surface area contributed by atoms with Crippen LogP contribution in [-0.2, 0) is 13.6 Å². The van der Waals surface area contributed by atoms with Gasteiger partial charge in [-0.1, -0.05) is 30.3 Å². The minimum Gasteiger partial charge on any atom is -0.308 e. The lowest BCUT2D eigenvalue weighted by molar-refractivity contribution is 0.288. The minimum atomic E-state index is -3.26. The minimum absolute atomic E-state index is 0.552. The van der Waals surface area contributed by atoms with Gasteiger partial charge in [0, 0.05) is 19.8 Å². The molecule has 0 unspecified atom stereocenters. The second-order valence-electron chi connectivity index (χ2n) is 3.62. The normalized spacial score (nSPS) is 11.7. The molecule has 1 aromatic heterocycles. The molecule has 0 N–H and O–H groups in total. The van der Waals surface area contributed by atoms with E-state index in [2.05, 4.69) is 4.98 Å². The van der Waals surface area contributed by atoms with Crippen LogP contribution >= 0.6 is 18.9 Å². The SMILES string of the molecule is COP(=O)(OC)c1sc(C)nc1-c1ccccc1. The molecule has 0 atom stereocenters. The van der Waals surface area contributed by atoms with Crippen LogP contribution in [-0.4, -0.2) is 19.2 Å². The number of aryl methyl sites for hydroxylation is 1. The van der Waals surface area contributed by atoms with Crippen LogP contribution in [0.25, 0.3) is 11.3 Å². The van der Waals surface area contributed by atoms with E-state index >= 15 is 0 Å². The summed E-state index contributed by atoms with van der Waals surface area (Å²) in [5, 5.41) is 0.832. The molecule has 0 amide bonds. The summed E-state index contributed by atoms with van der Waals surface area (Å²) in [6.45, 7) is 1.87. The van der Waals surface area contributed by atoms with E-state index in [0.717, 1.165) is 10.6 Å². The number of hydrogen-bond acceptors (Lipinski definition) is 5. The van der Waals surface area contributed by atoms with Crippen LogP contribution in [0.4, 0.5) is 0 Å². The Bertz CT molecular complexity index is 574. The van der Waals surface area contributed by atoms with Gasteiger partial charge in [-0.05, 0) is 6.92 Å². The van der Waals surface area contributed by atoms with E-state index < -0.39 is 7.60 Å². The summed E-state index contributed by atoms with van der Waals surface area (Å²) in [5.74, 6) is 0. The average molecular weight is 283 g/mol. The summed E-state index contributed by atoms with van der Waals surface area (Å²) in [6, 6.07) is 9.60. The van der Waals surface area contributed by atoms with E-state index in [9.17, 15) is 4.57 Å². The summed E-state index contributed by atoms with van der Waals surface area (Å²) >= 11 is 1.34. The van der Waals surface area contributed by atoms with Crippen molar-refractivity contribution in [2.45, 2.75) is 6.92 Å². The Kier molecular flexibility index (Phi) is 3.97. The molecule has 1 heterocycles. The highest BCUT2D eigenvalue weighted by atomic mass is 32.1. The molecule has 18 heavy (non-hydrogen) atoms. The number of rotatable bonds is 4. The van der Waals surface area contributed by atoms with Crippen molar-refractivity contribution in [1.29, 1.82) is 0 Å². The van der Waals surface area contributed by atoms with Crippen LogP contribution in [0.1, 0.15) is 5.01 Å². The highest BCUT2D eigenvalue weighted by Gasteiger charge is 2.31. The number of aromatic nitrogens is 1. The molecular weight excluding hydrogens is 269 g/mol. The maximum atomic E-state index is 12.5. The fraction of sp³-hybridized carbons (Fsp3) is 0.250. The number of thiazole rings is 1. The van der Waals surface area contributed by atoms with Gasteiger partial charge in [0.2, 0.25) is 0 Å². The van der Waals surface area contributed by atoms with Gasteiger partial charge < -0.3 is 9.05 Å². The summed E-state index contributed by atoms with van der Waals surface area (Å²) < 4.78 is 23.1. The van der Waals surface area contributed by atoms with Crippen LogP contribution in [0.15, 0.2) is 30.3 Å². The van der Waals surface area contributed by atoms with Crippen molar-refractivity contribution < 1.29 is 13.6 Å². The zero-order valence-corrected chi connectivity index (χ0v) is 12.1. The predicted molar refractivity (Wildman–Crippen MR) is 73.5 cm³/mol. The lowest BCUT2D eigenvalue weighted by atomic mass is 10.2. The van der Waals surface area contributed by atoms with Crippen molar-refractivity contribution >= 4 is 23.6 Å². The van der Waals surface area contributed by atoms with Crippen molar-refractivity contribution in [3.63, 3.8) is 0 Å². The molecule has 0 fully saturated rings. The van der Waals surface area contributed by atoms with Gasteiger partial charge in [-0.2, -0.15) is 0 Å². The second kappa shape index (κ2) is 5.33. The smallest absolute Gasteiger partial charge is 0.308 e. The molecule has 0 saturated carbocycles. The highest BCUT2D eigenvalue weighted by molar-refractivity contribution is 7.69. The van der Waals surface area contributed by atoms with Crippen LogP contribution in [0.3, 0.4) is 0 Å². The standard InChI is InChI=1S/C12H14NO3PS/c1-9-13-11(10-7-5-4-6-8-10)12(18-9)17(14,15-2)16-3/h4-8H,1-3H3. The van der Waals surface area contributed by atoms with Crippen LogP contribution in [0.5, 0.6) is 0 Å². The Morgan fingerprint density at radius 2 is 1.78 bits per heavy atom. The average Bonchev–Trinajstić information content (AvgIpc) is 2.81. The number of nitrogens with zero attached hydrogens (tertiary/aromatic N) is 1. The van der Waals surface area contributed by atoms with Gasteiger partial charge in [0.1, 0.15) is 4.62 Å². The van der Waals surface area contributed by atoms with E-state index in [0.29, 0.717) is 10.3 Å². The van der Waals surface area contributed by atoms with Gasteiger partial charge in [0.05, 0.1) is 10.7 Å². The van der Waals surface area contributed by atoms with E-state index in [1.165, 1.54) is 25.6 Å². The molecule has 6 heteroatoms. The second-order valence-corrected chi connectivity index (χ2v) is 7.29. The van der Waals surface area contributed by atoms with E-state index in [-0.39, 0.29) is 0 Å². The van der Waals surface area contributed by atoms with Crippen molar-refractivity contribution in [2.24, 2.45) is 0 Å². The number of benzene rings is 1. The summed E-state index contributed by atoms with van der Waals surface area (Å²) in [7, 11) is -0.494. The molecule has 96 valence electrons. The Labute approximate surface area is 110 Å². The zero-order valence-electron chi connectivity index (χ0n) is 10.4. The monoisotopic (exact) mass is 283 g/mol. The lowest BCUT2D eigenvalue weighted by Crippen LogP contribution is -2.06. The van der Waals surface area contributed by atoms with Crippen molar-refractivity contribution in [1.82, 2.24) is 4.98 Å². The van der Waals surface area contributed by atoms with Crippen molar-refractivity contribution in [3.8, 4) is 11.3 Å². The van der Waals surface area contributed by atoms with Crippen molar-refractivity contribution in [2.75, 3.05) is 14.2 Å². The largest absolute Gasteiger partial charge is 0.372 e. The quantitative estimate of drug-likeness (QED) is 0.808. The molecule has 0 aliphatic rings. The Hall–Kier alpha value is -1.00. The van der Waals surface area contributed by atoms with Gasteiger partial charge in [0.25, 0.3) is 0 Å². The van der Waals surface area contributed by atoms with Gasteiger partial charge in [-0.3, -0.25) is 4.57 Å². The van der Waals surface area contributed by atoms with Crippen LogP contribution in [0, 0.1) is 6.92 Å². The van der Waals surface area contributed by atoms with Gasteiger partial charge in [-0.25, -0.2) is 4.98 Å². The topological polar surface area (TPSA) is 48.4 Å². The third-order valence-corrected chi connectivity index (χ3v) is 5.88. The third-order valence-electron chi connectivity index (χ3n) is 2.49.